The van der Waals surface area contributed by atoms with Crippen molar-refractivity contribution in [1.29, 1.82) is 0 Å². The number of fused-ring (bicyclic) bond motifs is 2. The number of hydrogen-bond acceptors (Lipinski definition) is 3. The van der Waals surface area contributed by atoms with Gasteiger partial charge in [-0.2, -0.15) is 0 Å². The van der Waals surface area contributed by atoms with Crippen molar-refractivity contribution in [2.45, 2.75) is 43.4 Å². The fourth-order valence-electron chi connectivity index (χ4n) is 2.78. The lowest BCUT2D eigenvalue weighted by atomic mass is 9.87. The molecule has 0 spiro atoms. The van der Waals surface area contributed by atoms with Crippen molar-refractivity contribution in [2.75, 3.05) is 7.05 Å². The Morgan fingerprint density at radius 2 is 2.31 bits per heavy atom. The standard InChI is InChI=1S/C9H15NO3/c1-10-6-2-3-9(10,8(12)13)5-7(11)4-6/h6-7,11H,2-5H2,1H3,(H,12,13). The topological polar surface area (TPSA) is 60.8 Å². The summed E-state index contributed by atoms with van der Waals surface area (Å²) in [5, 5.41) is 18.7. The zero-order valence-corrected chi connectivity index (χ0v) is 7.73. The van der Waals surface area contributed by atoms with Crippen LogP contribution in [0.3, 0.4) is 0 Å². The largest absolute Gasteiger partial charge is 0.480 e. The number of aliphatic hydroxyl groups is 1. The van der Waals surface area contributed by atoms with Crippen molar-refractivity contribution < 1.29 is 15.0 Å². The number of hydrogen-bond donors (Lipinski definition) is 2. The smallest absolute Gasteiger partial charge is 0.324 e. The van der Waals surface area contributed by atoms with Crippen LogP contribution in [0.25, 0.3) is 0 Å². The summed E-state index contributed by atoms with van der Waals surface area (Å²) < 4.78 is 0. The number of aliphatic hydroxyl groups excluding tert-OH is 1. The lowest BCUT2D eigenvalue weighted by Gasteiger charge is -2.41. The number of piperidine rings is 1. The first-order valence-corrected chi connectivity index (χ1v) is 4.71. The van der Waals surface area contributed by atoms with Crippen molar-refractivity contribution in [1.82, 2.24) is 4.90 Å². The minimum absolute atomic E-state index is 0.264. The van der Waals surface area contributed by atoms with Crippen LogP contribution in [0.5, 0.6) is 0 Å². The molecular formula is C9H15NO3. The first-order chi connectivity index (χ1) is 6.06. The molecule has 0 aromatic heterocycles. The zero-order chi connectivity index (χ0) is 9.64. The molecule has 13 heavy (non-hydrogen) atoms. The Hall–Kier alpha value is -0.610. The Bertz CT molecular complexity index is 243. The Labute approximate surface area is 77.2 Å². The second-order valence-electron chi connectivity index (χ2n) is 4.23. The first kappa shape index (κ1) is 8.97. The summed E-state index contributed by atoms with van der Waals surface area (Å²) in [5.74, 6) is -0.781. The van der Waals surface area contributed by atoms with Gasteiger partial charge in [-0.15, -0.1) is 0 Å². The highest BCUT2D eigenvalue weighted by Gasteiger charge is 2.54. The van der Waals surface area contributed by atoms with Gasteiger partial charge in [-0.05, 0) is 26.3 Å². The molecule has 2 aliphatic rings. The molecular weight excluding hydrogens is 170 g/mol. The molecule has 0 aromatic carbocycles. The summed E-state index contributed by atoms with van der Waals surface area (Å²) in [6, 6.07) is 0.264. The van der Waals surface area contributed by atoms with Crippen LogP contribution >= 0.6 is 0 Å². The second-order valence-corrected chi connectivity index (χ2v) is 4.23. The van der Waals surface area contributed by atoms with Crippen LogP contribution in [0, 0.1) is 0 Å². The van der Waals surface area contributed by atoms with Crippen LogP contribution in [0.2, 0.25) is 0 Å². The third-order valence-electron chi connectivity index (χ3n) is 3.63. The molecule has 2 saturated heterocycles. The molecule has 0 aliphatic carbocycles. The van der Waals surface area contributed by atoms with Gasteiger partial charge in [0.15, 0.2) is 0 Å². The van der Waals surface area contributed by atoms with Crippen molar-refractivity contribution in [3.63, 3.8) is 0 Å². The van der Waals surface area contributed by atoms with Gasteiger partial charge < -0.3 is 10.2 Å². The normalized spacial score (nSPS) is 45.1. The number of carboxylic acids is 1. The van der Waals surface area contributed by atoms with E-state index in [-0.39, 0.29) is 6.04 Å². The van der Waals surface area contributed by atoms with Gasteiger partial charge in [0.1, 0.15) is 5.54 Å². The fourth-order valence-corrected chi connectivity index (χ4v) is 2.78. The Kier molecular flexibility index (Phi) is 1.85. The number of aliphatic carboxylic acids is 1. The molecule has 0 saturated carbocycles. The lowest BCUT2D eigenvalue weighted by Crippen LogP contribution is -2.56. The van der Waals surface area contributed by atoms with Gasteiger partial charge in [0, 0.05) is 12.5 Å². The monoisotopic (exact) mass is 185 g/mol. The van der Waals surface area contributed by atoms with Gasteiger partial charge in [0.25, 0.3) is 0 Å². The van der Waals surface area contributed by atoms with E-state index in [0.29, 0.717) is 12.8 Å². The van der Waals surface area contributed by atoms with Crippen molar-refractivity contribution in [3.05, 3.63) is 0 Å². The molecule has 3 unspecified atom stereocenters. The Morgan fingerprint density at radius 3 is 2.92 bits per heavy atom. The minimum atomic E-state index is -0.781. The molecule has 74 valence electrons. The molecule has 2 aliphatic heterocycles. The quantitative estimate of drug-likeness (QED) is 0.606. The van der Waals surface area contributed by atoms with Crippen LogP contribution < -0.4 is 0 Å². The van der Waals surface area contributed by atoms with Crippen molar-refractivity contribution >= 4 is 5.97 Å². The summed E-state index contributed by atoms with van der Waals surface area (Å²) in [7, 11) is 1.86. The molecule has 4 nitrogen and oxygen atoms in total. The van der Waals surface area contributed by atoms with E-state index in [1.807, 2.05) is 11.9 Å². The van der Waals surface area contributed by atoms with Crippen molar-refractivity contribution in [3.8, 4) is 0 Å². The van der Waals surface area contributed by atoms with E-state index in [1.54, 1.807) is 0 Å². The summed E-state index contributed by atoms with van der Waals surface area (Å²) in [5.41, 5.74) is -0.775. The van der Waals surface area contributed by atoms with Gasteiger partial charge in [-0.3, -0.25) is 9.69 Å². The number of rotatable bonds is 1. The minimum Gasteiger partial charge on any atom is -0.480 e. The zero-order valence-electron chi connectivity index (χ0n) is 7.73. The van der Waals surface area contributed by atoms with E-state index in [1.165, 1.54) is 0 Å². The third kappa shape index (κ3) is 1.09. The summed E-state index contributed by atoms with van der Waals surface area (Å²) in [6.07, 6.45) is 2.26. The first-order valence-electron chi connectivity index (χ1n) is 4.71. The van der Waals surface area contributed by atoms with Crippen LogP contribution in [-0.2, 0) is 4.79 Å². The molecule has 3 atom stereocenters. The van der Waals surface area contributed by atoms with Gasteiger partial charge in [-0.1, -0.05) is 0 Å². The number of carbonyl (C=O) groups is 1. The molecule has 2 heterocycles. The predicted octanol–water partition coefficient (Wildman–Crippen LogP) is 0.0587. The van der Waals surface area contributed by atoms with Gasteiger partial charge >= 0.3 is 5.97 Å². The highest BCUT2D eigenvalue weighted by Crippen LogP contribution is 2.43. The third-order valence-corrected chi connectivity index (χ3v) is 3.63. The highest BCUT2D eigenvalue weighted by molar-refractivity contribution is 5.79. The van der Waals surface area contributed by atoms with Crippen LogP contribution in [0.4, 0.5) is 0 Å². The average molecular weight is 185 g/mol. The molecule has 4 heteroatoms. The van der Waals surface area contributed by atoms with Gasteiger partial charge in [-0.25, -0.2) is 0 Å². The highest BCUT2D eigenvalue weighted by atomic mass is 16.4. The lowest BCUT2D eigenvalue weighted by molar-refractivity contribution is -0.154. The molecule has 0 amide bonds. The number of nitrogens with zero attached hydrogens (tertiary/aromatic N) is 1. The van der Waals surface area contributed by atoms with Crippen LogP contribution in [0.1, 0.15) is 25.7 Å². The van der Waals surface area contributed by atoms with Crippen LogP contribution in [-0.4, -0.2) is 45.8 Å². The van der Waals surface area contributed by atoms with E-state index in [9.17, 15) is 9.90 Å². The maximum atomic E-state index is 11.1. The molecule has 2 rings (SSSR count). The van der Waals surface area contributed by atoms with E-state index in [2.05, 4.69) is 0 Å². The summed E-state index contributed by atoms with van der Waals surface area (Å²) >= 11 is 0. The molecule has 2 fully saturated rings. The molecule has 2 bridgehead atoms. The molecule has 2 N–H and O–H groups in total. The van der Waals surface area contributed by atoms with E-state index in [4.69, 9.17) is 5.11 Å². The van der Waals surface area contributed by atoms with Crippen molar-refractivity contribution in [2.24, 2.45) is 0 Å². The molecule has 0 radical (unpaired) electrons. The Balaban J connectivity index is 2.30. The summed E-state index contributed by atoms with van der Waals surface area (Å²) in [4.78, 5) is 13.1. The van der Waals surface area contributed by atoms with Crippen LogP contribution in [0.15, 0.2) is 0 Å². The van der Waals surface area contributed by atoms with E-state index < -0.39 is 17.6 Å². The Morgan fingerprint density at radius 1 is 1.62 bits per heavy atom. The summed E-state index contributed by atoms with van der Waals surface area (Å²) in [6.45, 7) is 0. The number of likely N-dealkylation sites (N-methyl/N-ethyl adjacent to an activating group) is 1. The fraction of sp³-hybridized carbons (Fsp3) is 0.889. The van der Waals surface area contributed by atoms with Gasteiger partial charge in [0.2, 0.25) is 0 Å². The van der Waals surface area contributed by atoms with E-state index >= 15 is 0 Å². The SMILES string of the molecule is CN1C2CCC1(C(=O)O)CC(O)C2. The molecule has 0 aromatic rings. The predicted molar refractivity (Wildman–Crippen MR) is 46.4 cm³/mol. The maximum absolute atomic E-state index is 11.1. The van der Waals surface area contributed by atoms with Gasteiger partial charge in [0.05, 0.1) is 6.10 Å². The second kappa shape index (κ2) is 2.69. The number of carboxylic acid groups (broad SMARTS) is 1. The van der Waals surface area contributed by atoms with E-state index in [0.717, 1.165) is 12.8 Å². The average Bonchev–Trinajstić information content (AvgIpc) is 2.31. The maximum Gasteiger partial charge on any atom is 0.324 e.